The lowest BCUT2D eigenvalue weighted by molar-refractivity contribution is -0.117. The minimum atomic E-state index is -3.91. The molecule has 0 saturated carbocycles. The van der Waals surface area contributed by atoms with E-state index in [-0.39, 0.29) is 23.2 Å². The number of fused-ring (bicyclic) bond motifs is 1. The maximum atomic E-state index is 13.2. The lowest BCUT2D eigenvalue weighted by atomic mass is 10.0. The second-order valence-electron chi connectivity index (χ2n) is 9.60. The van der Waals surface area contributed by atoms with E-state index in [1.807, 2.05) is 37.3 Å². The summed E-state index contributed by atoms with van der Waals surface area (Å²) in [6, 6.07) is 29.8. The number of H-pyrrole nitrogens is 1. The number of sulfonamides is 1. The Morgan fingerprint density at radius 2 is 1.60 bits per heavy atom. The summed E-state index contributed by atoms with van der Waals surface area (Å²) in [5.41, 5.74) is 3.86. The summed E-state index contributed by atoms with van der Waals surface area (Å²) in [7, 11) is -2.19. The summed E-state index contributed by atoms with van der Waals surface area (Å²) in [6.07, 6.45) is 0. The van der Waals surface area contributed by atoms with Crippen molar-refractivity contribution in [1.29, 1.82) is 0 Å². The van der Waals surface area contributed by atoms with Crippen LogP contribution >= 0.6 is 0 Å². The number of aromatic nitrogens is 1. The van der Waals surface area contributed by atoms with Gasteiger partial charge in [0.25, 0.3) is 10.0 Å². The van der Waals surface area contributed by atoms with Crippen LogP contribution in [-0.4, -0.2) is 50.3 Å². The maximum Gasteiger partial charge on any atom is 0.261 e. The molecule has 0 aliphatic carbocycles. The molecule has 10 heteroatoms. The Hall–Kier alpha value is -4.93. The molecule has 4 N–H and O–H groups in total. The zero-order chi connectivity index (χ0) is 29.7. The number of amides is 1. The van der Waals surface area contributed by atoms with E-state index in [0.29, 0.717) is 45.8 Å². The Bertz CT molecular complexity index is 1840. The second-order valence-corrected chi connectivity index (χ2v) is 11.3. The van der Waals surface area contributed by atoms with Gasteiger partial charge in [-0.05, 0) is 61.1 Å². The minimum Gasteiger partial charge on any atom is -0.494 e. The van der Waals surface area contributed by atoms with Crippen molar-refractivity contribution in [3.63, 3.8) is 0 Å². The molecule has 9 nitrogen and oxygen atoms in total. The van der Waals surface area contributed by atoms with Gasteiger partial charge in [-0.3, -0.25) is 9.52 Å². The number of anilines is 2. The van der Waals surface area contributed by atoms with Crippen molar-refractivity contribution in [3.05, 3.63) is 114 Å². The first-order valence-electron chi connectivity index (χ1n) is 13.4. The van der Waals surface area contributed by atoms with Gasteiger partial charge in [0.15, 0.2) is 5.88 Å². The molecule has 0 bridgehead atoms. The van der Waals surface area contributed by atoms with Crippen LogP contribution in [0.3, 0.4) is 0 Å². The fourth-order valence-electron chi connectivity index (χ4n) is 4.52. The van der Waals surface area contributed by atoms with Crippen LogP contribution in [-0.2, 0) is 14.8 Å². The molecule has 42 heavy (non-hydrogen) atoms. The lowest BCUT2D eigenvalue weighted by Gasteiger charge is -2.17. The van der Waals surface area contributed by atoms with E-state index in [2.05, 4.69) is 15.0 Å². The molecule has 1 heterocycles. The zero-order valence-corrected chi connectivity index (χ0v) is 24.0. The standard InChI is InChI=1S/C32H31N5O4S/c1-3-33-21-29(38)37(2)25-16-14-23(15-17-25)34-31(22-10-6-4-7-11-22)30-27-20-26(18-19-28(27)35-32(30)39)42(40,41)36-24-12-8-5-9-13-24/h4-20,33,35-36,39H,3,21H2,1-2H3. The normalized spacial score (nSPS) is 11.9. The highest BCUT2D eigenvalue weighted by Crippen LogP contribution is 2.33. The van der Waals surface area contributed by atoms with E-state index in [4.69, 9.17) is 4.99 Å². The zero-order valence-electron chi connectivity index (χ0n) is 23.2. The lowest BCUT2D eigenvalue weighted by Crippen LogP contribution is -2.35. The summed E-state index contributed by atoms with van der Waals surface area (Å²) in [5, 5.41) is 14.6. The highest BCUT2D eigenvalue weighted by molar-refractivity contribution is 7.92. The molecule has 0 atom stereocenters. The van der Waals surface area contributed by atoms with Gasteiger partial charge in [0.05, 0.1) is 28.4 Å². The summed E-state index contributed by atoms with van der Waals surface area (Å²) < 4.78 is 29.1. The molecule has 0 fully saturated rings. The number of carbonyl (C=O) groups excluding carboxylic acids is 1. The summed E-state index contributed by atoms with van der Waals surface area (Å²) in [6.45, 7) is 2.88. The van der Waals surface area contributed by atoms with Gasteiger partial charge in [-0.25, -0.2) is 13.4 Å². The van der Waals surface area contributed by atoms with Crippen LogP contribution < -0.4 is 14.9 Å². The Morgan fingerprint density at radius 3 is 2.26 bits per heavy atom. The van der Waals surface area contributed by atoms with Crippen LogP contribution in [0.25, 0.3) is 10.9 Å². The van der Waals surface area contributed by atoms with Crippen LogP contribution in [0.2, 0.25) is 0 Å². The van der Waals surface area contributed by atoms with Crippen molar-refractivity contribution < 1.29 is 18.3 Å². The second kappa shape index (κ2) is 12.3. The van der Waals surface area contributed by atoms with Gasteiger partial charge >= 0.3 is 0 Å². The van der Waals surface area contributed by atoms with E-state index in [9.17, 15) is 18.3 Å². The SMILES string of the molecule is CCNCC(=O)N(C)c1ccc(N=C(c2ccccc2)c2c(O)[nH]c3ccc(S(=O)(=O)Nc4ccccc4)cc23)cc1. The quantitative estimate of drug-likeness (QED) is 0.164. The minimum absolute atomic E-state index is 0.0427. The monoisotopic (exact) mass is 581 g/mol. The van der Waals surface area contributed by atoms with Crippen LogP contribution in [0.15, 0.2) is 113 Å². The largest absolute Gasteiger partial charge is 0.494 e. The van der Waals surface area contributed by atoms with E-state index in [1.165, 1.54) is 12.1 Å². The molecule has 0 saturated heterocycles. The Kier molecular flexibility index (Phi) is 8.37. The molecule has 0 spiro atoms. The van der Waals surface area contributed by atoms with Crippen LogP contribution in [0.4, 0.5) is 17.1 Å². The number of carbonyl (C=O) groups is 1. The van der Waals surface area contributed by atoms with E-state index < -0.39 is 10.0 Å². The van der Waals surface area contributed by atoms with E-state index in [0.717, 1.165) is 5.56 Å². The fraction of sp³-hybridized carbons (Fsp3) is 0.125. The van der Waals surface area contributed by atoms with Crippen molar-refractivity contribution in [1.82, 2.24) is 10.3 Å². The molecule has 1 aromatic heterocycles. The van der Waals surface area contributed by atoms with Gasteiger partial charge in [-0.2, -0.15) is 0 Å². The third-order valence-corrected chi connectivity index (χ3v) is 8.13. The number of benzene rings is 4. The number of hydrogen-bond donors (Lipinski definition) is 4. The number of nitrogens with zero attached hydrogens (tertiary/aromatic N) is 2. The molecule has 5 aromatic rings. The molecule has 0 radical (unpaired) electrons. The molecule has 5 rings (SSSR count). The van der Waals surface area contributed by atoms with Crippen molar-refractivity contribution in [2.24, 2.45) is 4.99 Å². The van der Waals surface area contributed by atoms with Crippen LogP contribution in [0.5, 0.6) is 5.88 Å². The first-order chi connectivity index (χ1) is 20.3. The van der Waals surface area contributed by atoms with E-state index in [1.54, 1.807) is 72.6 Å². The predicted octanol–water partition coefficient (Wildman–Crippen LogP) is 5.42. The number of aliphatic imine (C=N–C) groups is 1. The Balaban J connectivity index is 1.57. The number of rotatable bonds is 10. The van der Waals surface area contributed by atoms with Gasteiger partial charge in [-0.15, -0.1) is 0 Å². The van der Waals surface area contributed by atoms with Crippen molar-refractivity contribution >= 4 is 49.6 Å². The van der Waals surface area contributed by atoms with Gasteiger partial charge in [0.1, 0.15) is 0 Å². The molecule has 1 amide bonds. The van der Waals surface area contributed by atoms with Gasteiger partial charge in [0.2, 0.25) is 5.91 Å². The molecule has 4 aromatic carbocycles. The molecule has 0 unspecified atom stereocenters. The smallest absolute Gasteiger partial charge is 0.261 e. The van der Waals surface area contributed by atoms with Crippen molar-refractivity contribution in [2.45, 2.75) is 11.8 Å². The summed E-state index contributed by atoms with van der Waals surface area (Å²) in [4.78, 5) is 21.9. The summed E-state index contributed by atoms with van der Waals surface area (Å²) in [5.74, 6) is -0.196. The number of aromatic hydroxyl groups is 1. The number of hydrogen-bond acceptors (Lipinski definition) is 6. The van der Waals surface area contributed by atoms with Crippen LogP contribution in [0.1, 0.15) is 18.1 Å². The molecular formula is C32H31N5O4S. The molecule has 214 valence electrons. The predicted molar refractivity (Wildman–Crippen MR) is 167 cm³/mol. The van der Waals surface area contributed by atoms with Gasteiger partial charge in [0, 0.05) is 34.9 Å². The Labute approximate surface area is 244 Å². The highest BCUT2D eigenvalue weighted by atomic mass is 32.2. The first-order valence-corrected chi connectivity index (χ1v) is 14.9. The summed E-state index contributed by atoms with van der Waals surface area (Å²) >= 11 is 0. The van der Waals surface area contributed by atoms with E-state index >= 15 is 0 Å². The third kappa shape index (κ3) is 6.19. The number of para-hydroxylation sites is 1. The first kappa shape index (κ1) is 28.6. The topological polar surface area (TPSA) is 127 Å². The molecular weight excluding hydrogens is 550 g/mol. The number of nitrogens with one attached hydrogen (secondary N) is 3. The number of likely N-dealkylation sites (N-methyl/N-ethyl adjacent to an activating group) is 2. The van der Waals surface area contributed by atoms with Gasteiger partial charge < -0.3 is 20.3 Å². The van der Waals surface area contributed by atoms with Crippen molar-refractivity contribution in [2.75, 3.05) is 29.8 Å². The van der Waals surface area contributed by atoms with Crippen LogP contribution in [0, 0.1) is 0 Å². The van der Waals surface area contributed by atoms with Crippen molar-refractivity contribution in [3.8, 4) is 5.88 Å². The molecule has 0 aliphatic heterocycles. The number of aromatic amines is 1. The average molecular weight is 582 g/mol. The van der Waals surface area contributed by atoms with Gasteiger partial charge in [-0.1, -0.05) is 55.5 Å². The molecule has 0 aliphatic rings. The Morgan fingerprint density at radius 1 is 0.929 bits per heavy atom. The third-order valence-electron chi connectivity index (χ3n) is 6.75. The highest BCUT2D eigenvalue weighted by Gasteiger charge is 2.22. The average Bonchev–Trinajstić information content (AvgIpc) is 3.34. The fourth-order valence-corrected chi connectivity index (χ4v) is 5.60. The maximum absolute atomic E-state index is 13.2.